The molecular formula is C17H18N4O. The van der Waals surface area contributed by atoms with Crippen LogP contribution in [-0.4, -0.2) is 24.5 Å². The molecule has 0 aliphatic heterocycles. The van der Waals surface area contributed by atoms with Crippen LogP contribution >= 0.6 is 0 Å². The minimum absolute atomic E-state index is 0.0900. The summed E-state index contributed by atoms with van der Waals surface area (Å²) in [6.45, 7) is 2.27. The van der Waals surface area contributed by atoms with E-state index in [-0.39, 0.29) is 12.5 Å². The highest BCUT2D eigenvalue weighted by Gasteiger charge is 2.10. The molecule has 0 radical (unpaired) electrons. The van der Waals surface area contributed by atoms with Gasteiger partial charge in [-0.15, -0.1) is 0 Å². The number of nitrogens with one attached hydrogen (secondary N) is 1. The zero-order chi connectivity index (χ0) is 15.9. The SMILES string of the molecule is CCc1ccccc1NC(=O)CN(C)c1ccc(C#N)nc1. The average molecular weight is 294 g/mol. The monoisotopic (exact) mass is 294 g/mol. The van der Waals surface area contributed by atoms with Crippen LogP contribution in [0.1, 0.15) is 18.2 Å². The molecule has 1 aromatic carbocycles. The van der Waals surface area contributed by atoms with Crippen molar-refractivity contribution in [1.29, 1.82) is 5.26 Å². The molecular weight excluding hydrogens is 276 g/mol. The van der Waals surface area contributed by atoms with Crippen LogP contribution in [0.3, 0.4) is 0 Å². The fraction of sp³-hybridized carbons (Fsp3) is 0.235. The Labute approximate surface area is 130 Å². The Morgan fingerprint density at radius 1 is 1.32 bits per heavy atom. The van der Waals surface area contributed by atoms with Gasteiger partial charge in [-0.05, 0) is 30.2 Å². The summed E-state index contributed by atoms with van der Waals surface area (Å²) < 4.78 is 0. The van der Waals surface area contributed by atoms with Crippen molar-refractivity contribution in [3.05, 3.63) is 53.9 Å². The molecule has 0 aliphatic carbocycles. The number of likely N-dealkylation sites (N-methyl/N-ethyl adjacent to an activating group) is 1. The first kappa shape index (κ1) is 15.5. The molecule has 0 spiro atoms. The van der Waals surface area contributed by atoms with Crippen molar-refractivity contribution < 1.29 is 4.79 Å². The van der Waals surface area contributed by atoms with Crippen molar-refractivity contribution in [2.45, 2.75) is 13.3 Å². The van der Waals surface area contributed by atoms with Crippen LogP contribution in [-0.2, 0) is 11.2 Å². The molecule has 1 N–H and O–H groups in total. The quantitative estimate of drug-likeness (QED) is 0.920. The molecule has 0 bridgehead atoms. The van der Waals surface area contributed by atoms with Crippen LogP contribution in [0.5, 0.6) is 0 Å². The first-order valence-electron chi connectivity index (χ1n) is 7.09. The summed E-state index contributed by atoms with van der Waals surface area (Å²) in [6, 6.07) is 13.2. The molecule has 5 nitrogen and oxygen atoms in total. The van der Waals surface area contributed by atoms with Crippen LogP contribution in [0, 0.1) is 11.3 Å². The molecule has 22 heavy (non-hydrogen) atoms. The van der Waals surface area contributed by atoms with E-state index < -0.39 is 0 Å². The fourth-order valence-corrected chi connectivity index (χ4v) is 2.12. The molecule has 1 heterocycles. The number of benzene rings is 1. The van der Waals surface area contributed by atoms with Gasteiger partial charge in [0.2, 0.25) is 5.91 Å². The summed E-state index contributed by atoms with van der Waals surface area (Å²) in [7, 11) is 1.81. The number of pyridine rings is 1. The van der Waals surface area contributed by atoms with Gasteiger partial charge in [0, 0.05) is 12.7 Å². The normalized spacial score (nSPS) is 9.86. The number of para-hydroxylation sites is 1. The van der Waals surface area contributed by atoms with E-state index in [9.17, 15) is 4.79 Å². The third-order valence-electron chi connectivity index (χ3n) is 3.36. The Kier molecular flexibility index (Phi) is 5.10. The standard InChI is InChI=1S/C17H18N4O/c1-3-13-6-4-5-7-16(13)20-17(22)12-21(2)15-9-8-14(10-18)19-11-15/h4-9,11H,3,12H2,1-2H3,(H,20,22). The number of nitrogens with zero attached hydrogens (tertiary/aromatic N) is 3. The maximum Gasteiger partial charge on any atom is 0.243 e. The highest BCUT2D eigenvalue weighted by molar-refractivity contribution is 5.94. The number of carbonyl (C=O) groups is 1. The van der Waals surface area contributed by atoms with E-state index in [1.165, 1.54) is 0 Å². The Hall–Kier alpha value is -2.87. The van der Waals surface area contributed by atoms with Crippen LogP contribution < -0.4 is 10.2 Å². The average Bonchev–Trinajstić information content (AvgIpc) is 2.55. The number of aromatic nitrogens is 1. The van der Waals surface area contributed by atoms with E-state index in [4.69, 9.17) is 5.26 Å². The van der Waals surface area contributed by atoms with Crippen molar-refractivity contribution in [3.63, 3.8) is 0 Å². The minimum Gasteiger partial charge on any atom is -0.364 e. The predicted molar refractivity (Wildman–Crippen MR) is 86.7 cm³/mol. The molecule has 0 fully saturated rings. The van der Waals surface area contributed by atoms with Gasteiger partial charge in [0.15, 0.2) is 0 Å². The third kappa shape index (κ3) is 3.83. The number of rotatable bonds is 5. The van der Waals surface area contributed by atoms with E-state index in [1.807, 2.05) is 37.4 Å². The second-order valence-corrected chi connectivity index (χ2v) is 4.93. The number of carbonyl (C=O) groups excluding carboxylic acids is 1. The molecule has 2 rings (SSSR count). The zero-order valence-electron chi connectivity index (χ0n) is 12.7. The van der Waals surface area contributed by atoms with Crippen molar-refractivity contribution >= 4 is 17.3 Å². The largest absolute Gasteiger partial charge is 0.364 e. The van der Waals surface area contributed by atoms with Gasteiger partial charge >= 0.3 is 0 Å². The van der Waals surface area contributed by atoms with E-state index >= 15 is 0 Å². The van der Waals surface area contributed by atoms with E-state index in [2.05, 4.69) is 17.2 Å². The predicted octanol–water partition coefficient (Wildman–Crippen LogP) is 2.59. The molecule has 1 aromatic heterocycles. The van der Waals surface area contributed by atoms with Crippen LogP contribution in [0.4, 0.5) is 11.4 Å². The summed E-state index contributed by atoms with van der Waals surface area (Å²) >= 11 is 0. The Morgan fingerprint density at radius 3 is 2.73 bits per heavy atom. The Morgan fingerprint density at radius 2 is 2.09 bits per heavy atom. The molecule has 0 saturated heterocycles. The molecule has 1 amide bonds. The van der Waals surface area contributed by atoms with Gasteiger partial charge in [0.05, 0.1) is 18.4 Å². The highest BCUT2D eigenvalue weighted by atomic mass is 16.2. The first-order chi connectivity index (χ1) is 10.6. The smallest absolute Gasteiger partial charge is 0.243 e. The lowest BCUT2D eigenvalue weighted by Crippen LogP contribution is -2.30. The number of anilines is 2. The van der Waals surface area contributed by atoms with E-state index in [1.54, 1.807) is 23.2 Å². The van der Waals surface area contributed by atoms with Crippen LogP contribution in [0.2, 0.25) is 0 Å². The van der Waals surface area contributed by atoms with Gasteiger partial charge < -0.3 is 10.2 Å². The maximum absolute atomic E-state index is 12.2. The minimum atomic E-state index is -0.0900. The molecule has 0 aliphatic rings. The number of aryl methyl sites for hydroxylation is 1. The lowest BCUT2D eigenvalue weighted by molar-refractivity contribution is -0.114. The van der Waals surface area contributed by atoms with Gasteiger partial charge in [-0.2, -0.15) is 5.26 Å². The summed E-state index contributed by atoms with van der Waals surface area (Å²) in [6.07, 6.45) is 2.46. The number of hydrogen-bond donors (Lipinski definition) is 1. The van der Waals surface area contributed by atoms with E-state index in [0.717, 1.165) is 23.4 Å². The van der Waals surface area contributed by atoms with Crippen molar-refractivity contribution in [3.8, 4) is 6.07 Å². The summed E-state index contributed by atoms with van der Waals surface area (Å²) in [4.78, 5) is 18.0. The first-order valence-corrected chi connectivity index (χ1v) is 7.09. The van der Waals surface area contributed by atoms with Crippen molar-refractivity contribution in [2.75, 3.05) is 23.8 Å². The van der Waals surface area contributed by atoms with Crippen molar-refractivity contribution in [2.24, 2.45) is 0 Å². The molecule has 112 valence electrons. The number of hydrogen-bond acceptors (Lipinski definition) is 4. The fourth-order valence-electron chi connectivity index (χ4n) is 2.12. The molecule has 0 atom stereocenters. The van der Waals surface area contributed by atoms with Crippen LogP contribution in [0.25, 0.3) is 0 Å². The van der Waals surface area contributed by atoms with Crippen molar-refractivity contribution in [1.82, 2.24) is 4.98 Å². The van der Waals surface area contributed by atoms with E-state index in [0.29, 0.717) is 5.69 Å². The molecule has 5 heteroatoms. The molecule has 0 saturated carbocycles. The third-order valence-corrected chi connectivity index (χ3v) is 3.36. The second-order valence-electron chi connectivity index (χ2n) is 4.93. The summed E-state index contributed by atoms with van der Waals surface area (Å²) in [5.74, 6) is -0.0900. The molecule has 0 unspecified atom stereocenters. The van der Waals surface area contributed by atoms with Gasteiger partial charge in [-0.1, -0.05) is 25.1 Å². The zero-order valence-corrected chi connectivity index (χ0v) is 12.7. The Bertz CT molecular complexity index is 689. The second kappa shape index (κ2) is 7.23. The number of nitriles is 1. The van der Waals surface area contributed by atoms with Gasteiger partial charge in [0.25, 0.3) is 0 Å². The summed E-state index contributed by atoms with van der Waals surface area (Å²) in [5.41, 5.74) is 3.11. The van der Waals surface area contributed by atoms with Gasteiger partial charge in [-0.25, -0.2) is 4.98 Å². The summed E-state index contributed by atoms with van der Waals surface area (Å²) in [5, 5.41) is 11.7. The lowest BCUT2D eigenvalue weighted by atomic mass is 10.1. The molecule has 2 aromatic rings. The van der Waals surface area contributed by atoms with Crippen LogP contribution in [0.15, 0.2) is 42.6 Å². The Balaban J connectivity index is 2.00. The van der Waals surface area contributed by atoms with Gasteiger partial charge in [0.1, 0.15) is 11.8 Å². The lowest BCUT2D eigenvalue weighted by Gasteiger charge is -2.19. The number of amides is 1. The maximum atomic E-state index is 12.2. The topological polar surface area (TPSA) is 69.0 Å². The van der Waals surface area contributed by atoms with Gasteiger partial charge in [-0.3, -0.25) is 4.79 Å². The highest BCUT2D eigenvalue weighted by Crippen LogP contribution is 2.16.